The van der Waals surface area contributed by atoms with Crippen LogP contribution in [0.5, 0.6) is 0 Å². The molecule has 5 nitrogen and oxygen atoms in total. The highest BCUT2D eigenvalue weighted by atomic mass is 16.5. The second-order valence-electron chi connectivity index (χ2n) is 3.24. The standard InChI is InChI=1S/C8H17NO4/c10-4-7-6-13-2-1-9(7)3-8(12)5-11/h7-8,10-12H,1-6H2. The molecule has 2 atom stereocenters. The van der Waals surface area contributed by atoms with E-state index in [1.807, 2.05) is 4.90 Å². The zero-order valence-corrected chi connectivity index (χ0v) is 7.59. The number of aliphatic hydroxyl groups excluding tert-OH is 3. The van der Waals surface area contributed by atoms with Gasteiger partial charge in [0.2, 0.25) is 0 Å². The van der Waals surface area contributed by atoms with E-state index in [2.05, 4.69) is 0 Å². The molecule has 13 heavy (non-hydrogen) atoms. The molecule has 0 aliphatic carbocycles. The summed E-state index contributed by atoms with van der Waals surface area (Å²) in [7, 11) is 0. The summed E-state index contributed by atoms with van der Waals surface area (Å²) in [5.41, 5.74) is 0. The summed E-state index contributed by atoms with van der Waals surface area (Å²) in [6.45, 7) is 1.99. The van der Waals surface area contributed by atoms with Gasteiger partial charge in [-0.25, -0.2) is 0 Å². The third-order valence-corrected chi connectivity index (χ3v) is 2.22. The lowest BCUT2D eigenvalue weighted by molar-refractivity contribution is -0.0495. The van der Waals surface area contributed by atoms with Crippen molar-refractivity contribution in [2.75, 3.05) is 39.5 Å². The Bertz CT molecular complexity index is 144. The van der Waals surface area contributed by atoms with E-state index in [0.717, 1.165) is 0 Å². The van der Waals surface area contributed by atoms with Gasteiger partial charge in [0.05, 0.1) is 38.6 Å². The maximum Gasteiger partial charge on any atom is 0.0897 e. The summed E-state index contributed by atoms with van der Waals surface area (Å²) >= 11 is 0. The largest absolute Gasteiger partial charge is 0.395 e. The maximum absolute atomic E-state index is 9.21. The number of nitrogens with zero attached hydrogens (tertiary/aromatic N) is 1. The lowest BCUT2D eigenvalue weighted by Crippen LogP contribution is -2.50. The molecular formula is C8H17NO4. The third kappa shape index (κ3) is 3.21. The minimum absolute atomic E-state index is 0.0259. The lowest BCUT2D eigenvalue weighted by Gasteiger charge is -2.35. The molecular weight excluding hydrogens is 174 g/mol. The predicted molar refractivity (Wildman–Crippen MR) is 46.4 cm³/mol. The molecule has 1 rings (SSSR count). The van der Waals surface area contributed by atoms with Gasteiger partial charge in [-0.15, -0.1) is 0 Å². The first-order valence-corrected chi connectivity index (χ1v) is 4.49. The molecule has 1 aliphatic heterocycles. The lowest BCUT2D eigenvalue weighted by atomic mass is 10.2. The molecule has 5 heteroatoms. The average Bonchev–Trinajstić information content (AvgIpc) is 2.18. The number of hydrogen-bond donors (Lipinski definition) is 3. The monoisotopic (exact) mass is 191 g/mol. The summed E-state index contributed by atoms with van der Waals surface area (Å²) in [4.78, 5) is 1.93. The van der Waals surface area contributed by atoms with Crippen molar-refractivity contribution < 1.29 is 20.1 Å². The Morgan fingerprint density at radius 3 is 2.85 bits per heavy atom. The van der Waals surface area contributed by atoms with E-state index in [-0.39, 0.29) is 19.3 Å². The van der Waals surface area contributed by atoms with Crippen LogP contribution in [0, 0.1) is 0 Å². The van der Waals surface area contributed by atoms with Crippen molar-refractivity contribution in [3.05, 3.63) is 0 Å². The van der Waals surface area contributed by atoms with Crippen molar-refractivity contribution >= 4 is 0 Å². The van der Waals surface area contributed by atoms with Crippen molar-refractivity contribution in [3.63, 3.8) is 0 Å². The fourth-order valence-electron chi connectivity index (χ4n) is 1.43. The number of hydrogen-bond acceptors (Lipinski definition) is 5. The van der Waals surface area contributed by atoms with Crippen molar-refractivity contribution in [1.82, 2.24) is 4.90 Å². The van der Waals surface area contributed by atoms with Crippen molar-refractivity contribution in [2.24, 2.45) is 0 Å². The van der Waals surface area contributed by atoms with Gasteiger partial charge in [-0.1, -0.05) is 0 Å². The highest BCUT2D eigenvalue weighted by Gasteiger charge is 2.23. The van der Waals surface area contributed by atoms with Gasteiger partial charge >= 0.3 is 0 Å². The predicted octanol–water partition coefficient (Wildman–Crippen LogP) is -1.97. The van der Waals surface area contributed by atoms with E-state index in [9.17, 15) is 5.11 Å². The summed E-state index contributed by atoms with van der Waals surface area (Å²) < 4.78 is 5.17. The average molecular weight is 191 g/mol. The first-order valence-electron chi connectivity index (χ1n) is 4.49. The Morgan fingerprint density at radius 2 is 2.23 bits per heavy atom. The van der Waals surface area contributed by atoms with Gasteiger partial charge in [0.1, 0.15) is 0 Å². The van der Waals surface area contributed by atoms with Crippen LogP contribution in [-0.2, 0) is 4.74 Å². The first kappa shape index (κ1) is 10.9. The van der Waals surface area contributed by atoms with Crippen molar-refractivity contribution in [1.29, 1.82) is 0 Å². The van der Waals surface area contributed by atoms with Crippen LogP contribution in [0.3, 0.4) is 0 Å². The second kappa shape index (κ2) is 5.51. The van der Waals surface area contributed by atoms with Crippen molar-refractivity contribution in [3.8, 4) is 0 Å². The Labute approximate surface area is 77.5 Å². The van der Waals surface area contributed by atoms with E-state index < -0.39 is 6.10 Å². The third-order valence-electron chi connectivity index (χ3n) is 2.22. The summed E-state index contributed by atoms with van der Waals surface area (Å²) in [5.74, 6) is 0. The molecule has 3 N–H and O–H groups in total. The Hall–Kier alpha value is -0.200. The van der Waals surface area contributed by atoms with Gasteiger partial charge in [0.15, 0.2) is 0 Å². The summed E-state index contributed by atoms with van der Waals surface area (Å²) in [6, 6.07) is -0.0463. The Balaban J connectivity index is 2.35. The van der Waals surface area contributed by atoms with Crippen LogP contribution in [-0.4, -0.2) is 71.9 Å². The molecule has 1 heterocycles. The molecule has 0 amide bonds. The minimum atomic E-state index is -0.729. The van der Waals surface area contributed by atoms with Crippen LogP contribution in [0.1, 0.15) is 0 Å². The highest BCUT2D eigenvalue weighted by Crippen LogP contribution is 2.06. The molecule has 2 unspecified atom stereocenters. The van der Waals surface area contributed by atoms with E-state index in [0.29, 0.717) is 26.3 Å². The van der Waals surface area contributed by atoms with Crippen molar-refractivity contribution in [2.45, 2.75) is 12.1 Å². The quantitative estimate of drug-likeness (QED) is 0.481. The first-order chi connectivity index (χ1) is 6.27. The van der Waals surface area contributed by atoms with Gasteiger partial charge in [0, 0.05) is 13.1 Å². The SMILES string of the molecule is OCC(O)CN1CCOCC1CO. The molecule has 1 saturated heterocycles. The molecule has 0 aromatic heterocycles. The molecule has 0 bridgehead atoms. The highest BCUT2D eigenvalue weighted by molar-refractivity contribution is 4.76. The van der Waals surface area contributed by atoms with E-state index in [4.69, 9.17) is 14.9 Å². The van der Waals surface area contributed by atoms with Crippen LogP contribution in [0.25, 0.3) is 0 Å². The zero-order chi connectivity index (χ0) is 9.68. The zero-order valence-electron chi connectivity index (χ0n) is 7.59. The van der Waals surface area contributed by atoms with E-state index >= 15 is 0 Å². The Kier molecular flexibility index (Phi) is 4.61. The van der Waals surface area contributed by atoms with Gasteiger partial charge in [-0.05, 0) is 0 Å². The van der Waals surface area contributed by atoms with Crippen LogP contribution in [0.15, 0.2) is 0 Å². The van der Waals surface area contributed by atoms with Gasteiger partial charge in [-0.3, -0.25) is 4.90 Å². The van der Waals surface area contributed by atoms with E-state index in [1.54, 1.807) is 0 Å². The molecule has 1 fully saturated rings. The second-order valence-corrected chi connectivity index (χ2v) is 3.24. The smallest absolute Gasteiger partial charge is 0.0897 e. The number of β-amino-alcohol motifs (C(OH)–C–C–N with tert-alkyl or cyclic N) is 1. The number of rotatable bonds is 4. The molecule has 0 aromatic carbocycles. The van der Waals surface area contributed by atoms with E-state index in [1.165, 1.54) is 0 Å². The van der Waals surface area contributed by atoms with Gasteiger partial charge in [0.25, 0.3) is 0 Å². The van der Waals surface area contributed by atoms with Crippen LogP contribution >= 0.6 is 0 Å². The Morgan fingerprint density at radius 1 is 1.46 bits per heavy atom. The number of morpholine rings is 1. The summed E-state index contributed by atoms with van der Waals surface area (Å²) in [6.07, 6.45) is -0.729. The number of ether oxygens (including phenoxy) is 1. The molecule has 0 saturated carbocycles. The molecule has 78 valence electrons. The topological polar surface area (TPSA) is 73.2 Å². The molecule has 0 radical (unpaired) electrons. The van der Waals surface area contributed by atoms with Crippen LogP contribution in [0.2, 0.25) is 0 Å². The normalized spacial score (nSPS) is 27.5. The van der Waals surface area contributed by atoms with Gasteiger partial charge < -0.3 is 20.1 Å². The molecule has 1 aliphatic rings. The van der Waals surface area contributed by atoms with Gasteiger partial charge in [-0.2, -0.15) is 0 Å². The fraction of sp³-hybridized carbons (Fsp3) is 1.00. The maximum atomic E-state index is 9.21. The van der Waals surface area contributed by atoms with Crippen LogP contribution in [0.4, 0.5) is 0 Å². The summed E-state index contributed by atoms with van der Waals surface area (Å²) in [5, 5.41) is 26.8. The van der Waals surface area contributed by atoms with Crippen LogP contribution < -0.4 is 0 Å². The minimum Gasteiger partial charge on any atom is -0.395 e. The molecule has 0 aromatic rings. The number of aliphatic hydroxyl groups is 3. The fourth-order valence-corrected chi connectivity index (χ4v) is 1.43. The molecule has 0 spiro atoms.